The van der Waals surface area contributed by atoms with Gasteiger partial charge in [0.25, 0.3) is 0 Å². The number of H-pyrrole nitrogens is 1. The van der Waals surface area contributed by atoms with Gasteiger partial charge in [0.2, 0.25) is 0 Å². The second-order valence-electron chi connectivity index (χ2n) is 7.80. The Bertz CT molecular complexity index is 670. The van der Waals surface area contributed by atoms with E-state index in [-0.39, 0.29) is 5.41 Å². The predicted octanol–water partition coefficient (Wildman–Crippen LogP) is 3.12. The molecule has 0 aromatic carbocycles. The fourth-order valence-corrected chi connectivity index (χ4v) is 3.18. The molecule has 0 unspecified atom stereocenters. The lowest BCUT2D eigenvalue weighted by atomic mass is 9.92. The summed E-state index contributed by atoms with van der Waals surface area (Å²) in [4.78, 5) is 9.30. The van der Waals surface area contributed by atoms with Crippen LogP contribution in [0.25, 0.3) is 0 Å². The number of aromatic nitrogens is 3. The zero-order valence-corrected chi connectivity index (χ0v) is 15.3. The van der Waals surface area contributed by atoms with Gasteiger partial charge < -0.3 is 4.90 Å². The van der Waals surface area contributed by atoms with Crippen LogP contribution >= 0.6 is 0 Å². The molecule has 5 nitrogen and oxygen atoms in total. The average molecular weight is 327 g/mol. The zero-order chi connectivity index (χ0) is 17.2. The van der Waals surface area contributed by atoms with E-state index in [9.17, 15) is 0 Å². The van der Waals surface area contributed by atoms with Crippen LogP contribution in [0.4, 0.5) is 5.69 Å². The molecule has 1 aliphatic heterocycles. The maximum absolute atomic E-state index is 4.48. The van der Waals surface area contributed by atoms with E-state index in [0.29, 0.717) is 0 Å². The molecule has 0 amide bonds. The standard InChI is InChI=1S/C19H29N5/c1-15-12-17(6-7-20-15)24-9-5-8-23(10-11-24)14-16-13-18(22-21-16)19(2,3)4/h6-7,12-13H,5,8-11,14H2,1-4H3,(H,21,22). The number of aromatic amines is 1. The highest BCUT2D eigenvalue weighted by Crippen LogP contribution is 2.21. The van der Waals surface area contributed by atoms with E-state index in [1.807, 2.05) is 6.20 Å². The number of hydrogen-bond donors (Lipinski definition) is 1. The summed E-state index contributed by atoms with van der Waals surface area (Å²) in [6.45, 7) is 14.0. The Morgan fingerprint density at radius 1 is 1.12 bits per heavy atom. The molecule has 2 aromatic rings. The Balaban J connectivity index is 1.60. The van der Waals surface area contributed by atoms with Crippen molar-refractivity contribution in [1.29, 1.82) is 0 Å². The van der Waals surface area contributed by atoms with E-state index < -0.39 is 0 Å². The SMILES string of the molecule is Cc1cc(N2CCCN(Cc3cc(C(C)(C)C)n[nH]3)CC2)ccn1. The fraction of sp³-hybridized carbons (Fsp3) is 0.579. The van der Waals surface area contributed by atoms with Crippen molar-refractivity contribution in [1.82, 2.24) is 20.1 Å². The normalized spacial score (nSPS) is 17.1. The van der Waals surface area contributed by atoms with Crippen molar-refractivity contribution in [3.05, 3.63) is 41.5 Å². The summed E-state index contributed by atoms with van der Waals surface area (Å²) in [5.74, 6) is 0. The van der Waals surface area contributed by atoms with Gasteiger partial charge >= 0.3 is 0 Å². The highest BCUT2D eigenvalue weighted by Gasteiger charge is 2.20. The van der Waals surface area contributed by atoms with Gasteiger partial charge in [0.15, 0.2) is 0 Å². The topological polar surface area (TPSA) is 48.0 Å². The highest BCUT2D eigenvalue weighted by molar-refractivity contribution is 5.46. The first kappa shape index (κ1) is 17.0. The van der Waals surface area contributed by atoms with Gasteiger partial charge in [-0.2, -0.15) is 5.10 Å². The number of pyridine rings is 1. The van der Waals surface area contributed by atoms with Gasteiger partial charge in [-0.15, -0.1) is 0 Å². The highest BCUT2D eigenvalue weighted by atomic mass is 15.2. The Labute approximate surface area is 145 Å². The van der Waals surface area contributed by atoms with Crippen LogP contribution < -0.4 is 4.90 Å². The maximum Gasteiger partial charge on any atom is 0.0678 e. The summed E-state index contributed by atoms with van der Waals surface area (Å²) in [5, 5.41) is 7.70. The lowest BCUT2D eigenvalue weighted by Crippen LogP contribution is -2.30. The minimum Gasteiger partial charge on any atom is -0.370 e. The molecule has 0 atom stereocenters. The van der Waals surface area contributed by atoms with Crippen LogP contribution in [-0.4, -0.2) is 46.3 Å². The summed E-state index contributed by atoms with van der Waals surface area (Å²) in [6.07, 6.45) is 3.09. The molecule has 0 bridgehead atoms. The third kappa shape index (κ3) is 4.15. The first-order valence-electron chi connectivity index (χ1n) is 8.86. The van der Waals surface area contributed by atoms with Crippen molar-refractivity contribution in [3.8, 4) is 0 Å². The van der Waals surface area contributed by atoms with E-state index in [2.05, 4.69) is 70.9 Å². The van der Waals surface area contributed by atoms with Crippen molar-refractivity contribution in [2.24, 2.45) is 0 Å². The molecular formula is C19H29N5. The van der Waals surface area contributed by atoms with Crippen LogP contribution in [0.2, 0.25) is 0 Å². The molecule has 1 N–H and O–H groups in total. The summed E-state index contributed by atoms with van der Waals surface area (Å²) in [6, 6.07) is 6.52. The van der Waals surface area contributed by atoms with Gasteiger partial charge in [0.05, 0.1) is 5.69 Å². The lowest BCUT2D eigenvalue weighted by molar-refractivity contribution is 0.282. The molecule has 130 valence electrons. The summed E-state index contributed by atoms with van der Waals surface area (Å²) < 4.78 is 0. The van der Waals surface area contributed by atoms with Crippen LogP contribution in [0.15, 0.2) is 24.4 Å². The van der Waals surface area contributed by atoms with Crippen molar-refractivity contribution in [3.63, 3.8) is 0 Å². The third-order valence-electron chi connectivity index (χ3n) is 4.63. The molecule has 0 aliphatic carbocycles. The maximum atomic E-state index is 4.48. The van der Waals surface area contributed by atoms with Gasteiger partial charge in [-0.1, -0.05) is 20.8 Å². The predicted molar refractivity (Wildman–Crippen MR) is 98.4 cm³/mol. The second-order valence-corrected chi connectivity index (χ2v) is 7.80. The summed E-state index contributed by atoms with van der Waals surface area (Å²) >= 11 is 0. The second kappa shape index (κ2) is 6.93. The molecule has 0 radical (unpaired) electrons. The quantitative estimate of drug-likeness (QED) is 0.941. The molecular weight excluding hydrogens is 298 g/mol. The first-order valence-corrected chi connectivity index (χ1v) is 8.86. The molecule has 1 fully saturated rings. The summed E-state index contributed by atoms with van der Waals surface area (Å²) in [5.41, 5.74) is 4.83. The molecule has 24 heavy (non-hydrogen) atoms. The van der Waals surface area contributed by atoms with E-state index >= 15 is 0 Å². The molecule has 2 aromatic heterocycles. The molecule has 3 rings (SSSR count). The number of nitrogens with one attached hydrogen (secondary N) is 1. The van der Waals surface area contributed by atoms with E-state index in [0.717, 1.165) is 44.1 Å². The van der Waals surface area contributed by atoms with Gasteiger partial charge in [-0.3, -0.25) is 15.0 Å². The molecule has 1 aliphatic rings. The minimum absolute atomic E-state index is 0.101. The van der Waals surface area contributed by atoms with Gasteiger partial charge in [-0.05, 0) is 31.5 Å². The third-order valence-corrected chi connectivity index (χ3v) is 4.63. The molecule has 0 saturated carbocycles. The van der Waals surface area contributed by atoms with E-state index in [4.69, 9.17) is 0 Å². The lowest BCUT2D eigenvalue weighted by Gasteiger charge is -2.23. The van der Waals surface area contributed by atoms with Crippen LogP contribution in [0.3, 0.4) is 0 Å². The van der Waals surface area contributed by atoms with Crippen molar-refractivity contribution < 1.29 is 0 Å². The minimum atomic E-state index is 0.101. The van der Waals surface area contributed by atoms with Crippen LogP contribution in [0.5, 0.6) is 0 Å². The number of rotatable bonds is 3. The average Bonchev–Trinajstić information content (AvgIpc) is 2.87. The van der Waals surface area contributed by atoms with E-state index in [1.54, 1.807) is 0 Å². The number of nitrogens with zero attached hydrogens (tertiary/aromatic N) is 4. The van der Waals surface area contributed by atoms with Crippen molar-refractivity contribution in [2.45, 2.75) is 46.1 Å². The van der Waals surface area contributed by atoms with Gasteiger partial charge in [0, 0.05) is 61.4 Å². The van der Waals surface area contributed by atoms with Crippen LogP contribution in [0.1, 0.15) is 44.3 Å². The van der Waals surface area contributed by atoms with Crippen molar-refractivity contribution in [2.75, 3.05) is 31.1 Å². The van der Waals surface area contributed by atoms with Gasteiger partial charge in [-0.25, -0.2) is 0 Å². The smallest absolute Gasteiger partial charge is 0.0678 e. The number of aryl methyl sites for hydroxylation is 1. The Kier molecular flexibility index (Phi) is 4.90. The first-order chi connectivity index (χ1) is 11.4. The molecule has 5 heteroatoms. The van der Waals surface area contributed by atoms with Crippen LogP contribution in [-0.2, 0) is 12.0 Å². The Morgan fingerprint density at radius 3 is 2.67 bits per heavy atom. The van der Waals surface area contributed by atoms with Crippen LogP contribution in [0, 0.1) is 6.92 Å². The number of hydrogen-bond acceptors (Lipinski definition) is 4. The van der Waals surface area contributed by atoms with E-state index in [1.165, 1.54) is 17.8 Å². The zero-order valence-electron chi connectivity index (χ0n) is 15.3. The fourth-order valence-electron chi connectivity index (χ4n) is 3.18. The monoisotopic (exact) mass is 327 g/mol. The number of anilines is 1. The molecule has 1 saturated heterocycles. The van der Waals surface area contributed by atoms with Crippen molar-refractivity contribution >= 4 is 5.69 Å². The Morgan fingerprint density at radius 2 is 1.96 bits per heavy atom. The molecule has 3 heterocycles. The van der Waals surface area contributed by atoms with Gasteiger partial charge in [0.1, 0.15) is 0 Å². The molecule has 0 spiro atoms. The largest absolute Gasteiger partial charge is 0.370 e. The summed E-state index contributed by atoms with van der Waals surface area (Å²) in [7, 11) is 0. The Hall–Kier alpha value is -1.88.